The Kier molecular flexibility index (Phi) is 6.21. The largest absolute Gasteiger partial charge is 0.573 e. The van der Waals surface area contributed by atoms with Crippen LogP contribution in [0.3, 0.4) is 0 Å². The van der Waals surface area contributed by atoms with E-state index < -0.39 is 30.6 Å². The van der Waals surface area contributed by atoms with Crippen LogP contribution in [0.25, 0.3) is 10.1 Å². The molecule has 0 saturated carbocycles. The van der Waals surface area contributed by atoms with E-state index in [-0.39, 0.29) is 15.6 Å². The molecule has 0 radical (unpaired) electrons. The Morgan fingerprint density at radius 3 is 2.41 bits per heavy atom. The molecule has 2 aromatic carbocycles. The Bertz CT molecular complexity index is 1070. The van der Waals surface area contributed by atoms with Crippen LogP contribution in [0, 0.1) is 0 Å². The second-order valence-corrected chi connectivity index (χ2v) is 7.45. The molecular weight excluding hydrogens is 454 g/mol. The number of halogens is 5. The first-order valence-corrected chi connectivity index (χ1v) is 9.40. The van der Waals surface area contributed by atoms with Gasteiger partial charge in [-0.2, -0.15) is 0 Å². The number of carbonyl (C=O) groups excluding carboxylic acids is 2. The highest BCUT2D eigenvalue weighted by Gasteiger charge is 2.31. The molecule has 1 aromatic heterocycles. The van der Waals surface area contributed by atoms with Crippen molar-refractivity contribution in [3.63, 3.8) is 0 Å². The second kappa shape index (κ2) is 8.48. The van der Waals surface area contributed by atoms with Crippen molar-refractivity contribution >= 4 is 62.2 Å². The van der Waals surface area contributed by atoms with Crippen LogP contribution < -0.4 is 10.1 Å². The molecule has 1 N–H and O–H groups in total. The van der Waals surface area contributed by atoms with Crippen LogP contribution in [-0.2, 0) is 9.53 Å². The summed E-state index contributed by atoms with van der Waals surface area (Å²) in [6, 6.07) is 9.47. The van der Waals surface area contributed by atoms with Crippen molar-refractivity contribution in [2.45, 2.75) is 6.36 Å². The molecule has 0 atom stereocenters. The number of rotatable bonds is 5. The van der Waals surface area contributed by atoms with E-state index in [2.05, 4.69) is 10.1 Å². The highest BCUT2D eigenvalue weighted by molar-refractivity contribution is 7.21. The summed E-state index contributed by atoms with van der Waals surface area (Å²) >= 11 is 13.2. The topological polar surface area (TPSA) is 64.6 Å². The molecule has 11 heteroatoms. The van der Waals surface area contributed by atoms with Gasteiger partial charge in [-0.05, 0) is 36.4 Å². The quantitative estimate of drug-likeness (QED) is 0.478. The average molecular weight is 464 g/mol. The molecule has 0 spiro atoms. The predicted molar refractivity (Wildman–Crippen MR) is 104 cm³/mol. The molecule has 0 fully saturated rings. The third kappa shape index (κ3) is 5.53. The molecule has 29 heavy (non-hydrogen) atoms. The van der Waals surface area contributed by atoms with Crippen molar-refractivity contribution in [2.75, 3.05) is 11.9 Å². The van der Waals surface area contributed by atoms with Crippen molar-refractivity contribution in [2.24, 2.45) is 0 Å². The first-order valence-electron chi connectivity index (χ1n) is 7.83. The zero-order chi connectivity index (χ0) is 21.2. The van der Waals surface area contributed by atoms with Crippen LogP contribution in [0.15, 0.2) is 42.5 Å². The number of hydrogen-bond acceptors (Lipinski definition) is 5. The lowest BCUT2D eigenvalue weighted by molar-refractivity contribution is -0.274. The summed E-state index contributed by atoms with van der Waals surface area (Å²) in [4.78, 5) is 24.3. The molecule has 0 aliphatic heterocycles. The number of anilines is 1. The van der Waals surface area contributed by atoms with Crippen LogP contribution >= 0.6 is 34.5 Å². The first-order chi connectivity index (χ1) is 13.6. The fourth-order valence-corrected chi connectivity index (χ4v) is 3.98. The molecule has 0 saturated heterocycles. The molecule has 1 amide bonds. The second-order valence-electron chi connectivity index (χ2n) is 5.58. The minimum absolute atomic E-state index is 0.130. The van der Waals surface area contributed by atoms with Gasteiger partial charge in [-0.1, -0.05) is 29.3 Å². The molecule has 5 nitrogen and oxygen atoms in total. The number of amides is 1. The molecule has 152 valence electrons. The standard InChI is InChI=1S/C18H10Cl2F3NO4S/c19-9-1-6-12-13(7-9)29-16(15(12)20)17(26)27-8-14(25)24-10-2-4-11(5-3-10)28-18(21,22)23/h1-7H,8H2,(H,24,25). The van der Waals surface area contributed by atoms with E-state index in [1.165, 1.54) is 12.1 Å². The Hall–Kier alpha value is -2.49. The van der Waals surface area contributed by atoms with E-state index in [4.69, 9.17) is 27.9 Å². The zero-order valence-corrected chi connectivity index (χ0v) is 16.5. The van der Waals surface area contributed by atoms with Gasteiger partial charge in [-0.15, -0.1) is 24.5 Å². The lowest BCUT2D eigenvalue weighted by atomic mass is 10.2. The van der Waals surface area contributed by atoms with Gasteiger partial charge in [0.05, 0.1) is 5.02 Å². The monoisotopic (exact) mass is 463 g/mol. The molecule has 0 aliphatic carbocycles. The zero-order valence-electron chi connectivity index (χ0n) is 14.2. The highest BCUT2D eigenvalue weighted by Crippen LogP contribution is 2.37. The molecule has 0 bridgehead atoms. The van der Waals surface area contributed by atoms with Crippen molar-refractivity contribution in [3.05, 3.63) is 57.4 Å². The van der Waals surface area contributed by atoms with Crippen LogP contribution in [0.1, 0.15) is 9.67 Å². The Morgan fingerprint density at radius 1 is 1.07 bits per heavy atom. The fourth-order valence-electron chi connectivity index (χ4n) is 2.30. The van der Waals surface area contributed by atoms with Crippen LogP contribution in [0.5, 0.6) is 5.75 Å². The van der Waals surface area contributed by atoms with Gasteiger partial charge in [0.2, 0.25) is 0 Å². The van der Waals surface area contributed by atoms with Gasteiger partial charge in [0, 0.05) is 20.8 Å². The Morgan fingerprint density at radius 2 is 1.76 bits per heavy atom. The van der Waals surface area contributed by atoms with Gasteiger partial charge in [0.25, 0.3) is 5.91 Å². The summed E-state index contributed by atoms with van der Waals surface area (Å²) in [6.07, 6.45) is -4.81. The van der Waals surface area contributed by atoms with Crippen molar-refractivity contribution in [3.8, 4) is 5.75 Å². The van der Waals surface area contributed by atoms with E-state index in [1.54, 1.807) is 18.2 Å². The van der Waals surface area contributed by atoms with Gasteiger partial charge in [0.1, 0.15) is 10.6 Å². The van der Waals surface area contributed by atoms with Crippen LogP contribution in [0.2, 0.25) is 10.0 Å². The summed E-state index contributed by atoms with van der Waals surface area (Å²) in [5, 5.41) is 3.71. The molecule has 0 unspecified atom stereocenters. The maximum absolute atomic E-state index is 12.2. The minimum Gasteiger partial charge on any atom is -0.451 e. The number of hydrogen-bond donors (Lipinski definition) is 1. The fraction of sp³-hybridized carbons (Fsp3) is 0.111. The lowest BCUT2D eigenvalue weighted by Crippen LogP contribution is -2.20. The summed E-state index contributed by atoms with van der Waals surface area (Å²) in [5.74, 6) is -1.89. The summed E-state index contributed by atoms with van der Waals surface area (Å²) in [6.45, 7) is -0.606. The smallest absolute Gasteiger partial charge is 0.451 e. The molecule has 3 rings (SSSR count). The minimum atomic E-state index is -4.81. The Labute approximate surface area is 175 Å². The predicted octanol–water partition coefficient (Wildman–Crippen LogP) is 5.90. The van der Waals surface area contributed by atoms with E-state index in [0.29, 0.717) is 15.1 Å². The maximum atomic E-state index is 12.2. The molecular formula is C18H10Cl2F3NO4S. The van der Waals surface area contributed by atoms with Crippen molar-refractivity contribution in [1.29, 1.82) is 0 Å². The van der Waals surface area contributed by atoms with Crippen LogP contribution in [-0.4, -0.2) is 24.8 Å². The highest BCUT2D eigenvalue weighted by atomic mass is 35.5. The number of benzene rings is 2. The van der Waals surface area contributed by atoms with E-state index in [9.17, 15) is 22.8 Å². The average Bonchev–Trinajstić information content (AvgIpc) is 2.96. The number of thiophene rings is 1. The Balaban J connectivity index is 1.58. The number of nitrogens with one attached hydrogen (secondary N) is 1. The summed E-state index contributed by atoms with van der Waals surface area (Å²) in [5.41, 5.74) is 0.204. The SMILES string of the molecule is O=C(COC(=O)c1sc2cc(Cl)ccc2c1Cl)Nc1ccc(OC(F)(F)F)cc1. The summed E-state index contributed by atoms with van der Waals surface area (Å²) < 4.78 is 45.8. The number of ether oxygens (including phenoxy) is 2. The van der Waals surface area contributed by atoms with Crippen molar-refractivity contribution in [1.82, 2.24) is 0 Å². The third-order valence-electron chi connectivity index (χ3n) is 3.48. The number of alkyl halides is 3. The molecule has 0 aliphatic rings. The van der Waals surface area contributed by atoms with Gasteiger partial charge in [-0.25, -0.2) is 4.79 Å². The molecule has 3 aromatic rings. The third-order valence-corrected chi connectivity index (χ3v) is 5.36. The maximum Gasteiger partial charge on any atom is 0.573 e. The van der Waals surface area contributed by atoms with Gasteiger partial charge < -0.3 is 14.8 Å². The first kappa shape index (κ1) is 21.2. The lowest BCUT2D eigenvalue weighted by Gasteiger charge is -2.10. The van der Waals surface area contributed by atoms with E-state index in [1.807, 2.05) is 0 Å². The number of esters is 1. The number of fused-ring (bicyclic) bond motifs is 1. The summed E-state index contributed by atoms with van der Waals surface area (Å²) in [7, 11) is 0. The number of carbonyl (C=O) groups is 2. The van der Waals surface area contributed by atoms with Gasteiger partial charge >= 0.3 is 12.3 Å². The van der Waals surface area contributed by atoms with Crippen LogP contribution in [0.4, 0.5) is 18.9 Å². The van der Waals surface area contributed by atoms with Gasteiger partial charge in [0.15, 0.2) is 6.61 Å². The molecule has 1 heterocycles. The normalized spacial score (nSPS) is 11.3. The van der Waals surface area contributed by atoms with E-state index >= 15 is 0 Å². The van der Waals surface area contributed by atoms with Gasteiger partial charge in [-0.3, -0.25) is 4.79 Å². The van der Waals surface area contributed by atoms with E-state index in [0.717, 1.165) is 23.5 Å². The van der Waals surface area contributed by atoms with Crippen molar-refractivity contribution < 1.29 is 32.2 Å².